The van der Waals surface area contributed by atoms with Crippen LogP contribution in [0.25, 0.3) is 0 Å². The first-order valence-corrected chi connectivity index (χ1v) is 5.44. The maximum atomic E-state index is 11.4. The zero-order chi connectivity index (χ0) is 13.5. The van der Waals surface area contributed by atoms with Crippen molar-refractivity contribution in [3.63, 3.8) is 0 Å². The smallest absolute Gasteiger partial charge is 0.323 e. The second-order valence-corrected chi connectivity index (χ2v) is 3.32. The molecule has 5 N–H and O–H groups in total. The number of hydrazine groups is 1. The number of carbonyl (C=O) groups excluding carboxylic acids is 1. The van der Waals surface area contributed by atoms with Crippen LogP contribution in [0.1, 0.15) is 13.8 Å². The lowest BCUT2D eigenvalue weighted by molar-refractivity contribution is -0.121. The number of nitrogens with one attached hydrogen (secondary N) is 3. The summed E-state index contributed by atoms with van der Waals surface area (Å²) in [7, 11) is 1.55. The van der Waals surface area contributed by atoms with Crippen LogP contribution in [0.2, 0.25) is 0 Å². The van der Waals surface area contributed by atoms with Gasteiger partial charge in [-0.05, 0) is 13.8 Å². The molecule has 18 heavy (non-hydrogen) atoms. The number of rotatable bonds is 6. The minimum absolute atomic E-state index is 0.132. The van der Waals surface area contributed by atoms with E-state index in [-0.39, 0.29) is 23.8 Å². The molecular formula is C9H17N7O2. The van der Waals surface area contributed by atoms with Crippen LogP contribution >= 0.6 is 0 Å². The molecule has 9 nitrogen and oxygen atoms in total. The van der Waals surface area contributed by atoms with E-state index in [1.54, 1.807) is 20.9 Å². The molecule has 1 aromatic heterocycles. The van der Waals surface area contributed by atoms with Crippen molar-refractivity contribution in [1.29, 1.82) is 0 Å². The topological polar surface area (TPSA) is 127 Å². The Kier molecular flexibility index (Phi) is 5.06. The zero-order valence-corrected chi connectivity index (χ0v) is 10.5. The molecule has 0 aromatic carbocycles. The Balaban J connectivity index is 2.86. The van der Waals surface area contributed by atoms with Crippen LogP contribution < -0.4 is 26.6 Å². The fraction of sp³-hybridized carbons (Fsp3) is 0.556. The molecule has 1 amide bonds. The molecule has 1 aromatic rings. The number of likely N-dealkylation sites (N-methyl/N-ethyl adjacent to an activating group) is 1. The molecule has 0 aliphatic heterocycles. The molecule has 0 bridgehead atoms. The molecule has 0 fully saturated rings. The number of amides is 1. The van der Waals surface area contributed by atoms with E-state index in [0.29, 0.717) is 6.61 Å². The molecular weight excluding hydrogens is 238 g/mol. The molecule has 100 valence electrons. The van der Waals surface area contributed by atoms with Crippen LogP contribution in [0.15, 0.2) is 0 Å². The molecule has 0 radical (unpaired) electrons. The van der Waals surface area contributed by atoms with Crippen LogP contribution in [-0.2, 0) is 4.79 Å². The fourth-order valence-corrected chi connectivity index (χ4v) is 1.15. The fourth-order valence-electron chi connectivity index (χ4n) is 1.15. The largest absolute Gasteiger partial charge is 0.464 e. The minimum Gasteiger partial charge on any atom is -0.464 e. The maximum absolute atomic E-state index is 11.4. The number of hydrogen-bond donors (Lipinski definition) is 4. The average Bonchev–Trinajstić information content (AvgIpc) is 2.37. The van der Waals surface area contributed by atoms with Gasteiger partial charge in [-0.3, -0.25) is 10.2 Å². The molecule has 0 saturated carbocycles. The molecule has 9 heteroatoms. The average molecular weight is 255 g/mol. The maximum Gasteiger partial charge on any atom is 0.323 e. The van der Waals surface area contributed by atoms with E-state index >= 15 is 0 Å². The van der Waals surface area contributed by atoms with E-state index < -0.39 is 6.04 Å². The van der Waals surface area contributed by atoms with Crippen LogP contribution in [0.4, 0.5) is 11.9 Å². The number of carbonyl (C=O) groups is 1. The van der Waals surface area contributed by atoms with Crippen molar-refractivity contribution >= 4 is 17.8 Å². The van der Waals surface area contributed by atoms with Crippen LogP contribution in [0, 0.1) is 0 Å². The number of nitrogens with zero attached hydrogens (tertiary/aromatic N) is 3. The van der Waals surface area contributed by atoms with Gasteiger partial charge in [-0.15, -0.1) is 0 Å². The lowest BCUT2D eigenvalue weighted by Gasteiger charge is -2.13. The molecule has 0 spiro atoms. The van der Waals surface area contributed by atoms with Gasteiger partial charge in [0, 0.05) is 7.05 Å². The first kappa shape index (κ1) is 13.9. The summed E-state index contributed by atoms with van der Waals surface area (Å²) in [6.07, 6.45) is 0. The normalized spacial score (nSPS) is 11.6. The Labute approximate surface area is 105 Å². The summed E-state index contributed by atoms with van der Waals surface area (Å²) < 4.78 is 5.16. The predicted molar refractivity (Wildman–Crippen MR) is 66.0 cm³/mol. The van der Waals surface area contributed by atoms with Gasteiger partial charge < -0.3 is 15.4 Å². The summed E-state index contributed by atoms with van der Waals surface area (Å²) in [5, 5.41) is 5.33. The van der Waals surface area contributed by atoms with Crippen molar-refractivity contribution in [2.75, 3.05) is 24.4 Å². The predicted octanol–water partition coefficient (Wildman–Crippen LogP) is -0.898. The van der Waals surface area contributed by atoms with E-state index in [0.717, 1.165) is 0 Å². The number of anilines is 2. The van der Waals surface area contributed by atoms with Gasteiger partial charge in [-0.2, -0.15) is 15.0 Å². The molecule has 1 heterocycles. The first-order valence-electron chi connectivity index (χ1n) is 5.44. The second-order valence-electron chi connectivity index (χ2n) is 3.32. The Morgan fingerprint density at radius 2 is 2.06 bits per heavy atom. The number of nitrogens with two attached hydrogens (primary N) is 1. The third-order valence-corrected chi connectivity index (χ3v) is 2.00. The quantitative estimate of drug-likeness (QED) is 0.380. The van der Waals surface area contributed by atoms with Gasteiger partial charge in [0.2, 0.25) is 17.8 Å². The molecule has 1 unspecified atom stereocenters. The van der Waals surface area contributed by atoms with Crippen molar-refractivity contribution in [2.24, 2.45) is 5.84 Å². The van der Waals surface area contributed by atoms with E-state index in [2.05, 4.69) is 31.0 Å². The molecule has 0 saturated heterocycles. The highest BCUT2D eigenvalue weighted by atomic mass is 16.5. The van der Waals surface area contributed by atoms with Gasteiger partial charge in [0.1, 0.15) is 6.04 Å². The highest BCUT2D eigenvalue weighted by molar-refractivity contribution is 5.83. The van der Waals surface area contributed by atoms with E-state index in [4.69, 9.17) is 10.6 Å². The summed E-state index contributed by atoms with van der Waals surface area (Å²) in [6, 6.07) is -0.357. The van der Waals surface area contributed by atoms with E-state index in [9.17, 15) is 4.79 Å². The van der Waals surface area contributed by atoms with Crippen molar-refractivity contribution in [3.8, 4) is 6.01 Å². The lowest BCUT2D eigenvalue weighted by atomic mass is 10.3. The van der Waals surface area contributed by atoms with Gasteiger partial charge in [0.25, 0.3) is 0 Å². The summed E-state index contributed by atoms with van der Waals surface area (Å²) in [4.78, 5) is 23.2. The second kappa shape index (κ2) is 6.55. The van der Waals surface area contributed by atoms with E-state index in [1.807, 2.05) is 0 Å². The molecule has 0 aliphatic rings. The third-order valence-electron chi connectivity index (χ3n) is 2.00. The Morgan fingerprint density at radius 3 is 2.61 bits per heavy atom. The van der Waals surface area contributed by atoms with Gasteiger partial charge in [-0.1, -0.05) is 0 Å². The van der Waals surface area contributed by atoms with E-state index in [1.165, 1.54) is 0 Å². The van der Waals surface area contributed by atoms with Crippen molar-refractivity contribution in [2.45, 2.75) is 19.9 Å². The summed E-state index contributed by atoms with van der Waals surface area (Å²) in [5.74, 6) is 5.41. The lowest BCUT2D eigenvalue weighted by Crippen LogP contribution is -2.35. The number of nitrogen functional groups attached to an aromatic ring is 1. The summed E-state index contributed by atoms with van der Waals surface area (Å²) in [5.41, 5.74) is 2.30. The summed E-state index contributed by atoms with van der Waals surface area (Å²) >= 11 is 0. The SMILES string of the molecule is CCOc1nc(NN)nc(NC(C)C(=O)NC)n1. The zero-order valence-electron chi connectivity index (χ0n) is 10.5. The monoisotopic (exact) mass is 255 g/mol. The first-order chi connectivity index (χ1) is 8.60. The standard InChI is InChI=1S/C9H17N7O2/c1-4-18-9-14-7(13-8(15-9)16-10)12-5(2)6(17)11-3/h5H,4,10H2,1-3H3,(H,11,17)(H2,12,13,14,15,16). The molecule has 1 rings (SSSR count). The van der Waals surface area contributed by atoms with Gasteiger partial charge in [0.15, 0.2) is 0 Å². The van der Waals surface area contributed by atoms with Crippen molar-refractivity contribution < 1.29 is 9.53 Å². The van der Waals surface area contributed by atoms with Crippen LogP contribution in [0.3, 0.4) is 0 Å². The molecule has 1 atom stereocenters. The van der Waals surface area contributed by atoms with Crippen LogP contribution in [-0.4, -0.2) is 40.6 Å². The van der Waals surface area contributed by atoms with Crippen molar-refractivity contribution in [3.05, 3.63) is 0 Å². The Morgan fingerprint density at radius 1 is 1.39 bits per heavy atom. The van der Waals surface area contributed by atoms with Gasteiger partial charge in [0.05, 0.1) is 6.61 Å². The number of ether oxygens (including phenoxy) is 1. The Hall–Kier alpha value is -2.16. The highest BCUT2D eigenvalue weighted by Crippen LogP contribution is 2.11. The summed E-state index contributed by atoms with van der Waals surface area (Å²) in [6.45, 7) is 3.90. The number of hydrogen-bond acceptors (Lipinski definition) is 8. The van der Waals surface area contributed by atoms with Crippen LogP contribution in [0.5, 0.6) is 6.01 Å². The van der Waals surface area contributed by atoms with Crippen molar-refractivity contribution in [1.82, 2.24) is 20.3 Å². The third kappa shape index (κ3) is 3.70. The van der Waals surface area contributed by atoms with Gasteiger partial charge in [-0.25, -0.2) is 5.84 Å². The number of aromatic nitrogens is 3. The highest BCUT2D eigenvalue weighted by Gasteiger charge is 2.14. The minimum atomic E-state index is -0.488. The Bertz CT molecular complexity index is 412. The van der Waals surface area contributed by atoms with Gasteiger partial charge >= 0.3 is 6.01 Å². The molecule has 0 aliphatic carbocycles.